The topological polar surface area (TPSA) is 74.3 Å². The van der Waals surface area contributed by atoms with E-state index in [1.165, 1.54) is 24.3 Å². The molecular formula is C14H10N2O4. The summed E-state index contributed by atoms with van der Waals surface area (Å²) >= 11 is 0. The van der Waals surface area contributed by atoms with E-state index >= 15 is 0 Å². The largest absolute Gasteiger partial charge is 0.465 e. The number of methoxy groups -OCH3 is 1. The smallest absolute Gasteiger partial charge is 0.337 e. The zero-order chi connectivity index (χ0) is 14.1. The van der Waals surface area contributed by atoms with Crippen LogP contribution < -0.4 is 5.56 Å². The van der Waals surface area contributed by atoms with Crippen molar-refractivity contribution in [1.29, 1.82) is 0 Å². The quantitative estimate of drug-likeness (QED) is 0.663. The summed E-state index contributed by atoms with van der Waals surface area (Å²) in [7, 11) is 1.30. The summed E-state index contributed by atoms with van der Waals surface area (Å²) in [5.74, 6) is -0.468. The minimum absolute atomic E-state index is 0.307. The van der Waals surface area contributed by atoms with Crippen LogP contribution in [0.1, 0.15) is 10.4 Å². The number of ether oxygens (including phenoxy) is 1. The Hall–Kier alpha value is -2.89. The highest BCUT2D eigenvalue weighted by atomic mass is 16.5. The van der Waals surface area contributed by atoms with E-state index in [4.69, 9.17) is 4.42 Å². The molecule has 0 saturated carbocycles. The number of hydrogen-bond acceptors (Lipinski definition) is 5. The van der Waals surface area contributed by atoms with Gasteiger partial charge in [0.15, 0.2) is 5.58 Å². The second-order valence-electron chi connectivity index (χ2n) is 4.10. The SMILES string of the molecule is COC(=O)c1cccc(-n2ncc3occc3c2=O)c1. The first kappa shape index (κ1) is 12.2. The van der Waals surface area contributed by atoms with Crippen molar-refractivity contribution >= 4 is 16.9 Å². The lowest BCUT2D eigenvalue weighted by molar-refractivity contribution is 0.0600. The second kappa shape index (κ2) is 4.65. The maximum absolute atomic E-state index is 12.3. The van der Waals surface area contributed by atoms with E-state index < -0.39 is 5.97 Å². The van der Waals surface area contributed by atoms with Gasteiger partial charge in [-0.1, -0.05) is 6.07 Å². The fourth-order valence-corrected chi connectivity index (χ4v) is 1.94. The molecule has 3 rings (SSSR count). The number of esters is 1. The van der Waals surface area contributed by atoms with Crippen LogP contribution in [0.4, 0.5) is 0 Å². The van der Waals surface area contributed by atoms with E-state index in [9.17, 15) is 9.59 Å². The van der Waals surface area contributed by atoms with Gasteiger partial charge in [0.25, 0.3) is 5.56 Å². The average Bonchev–Trinajstić information content (AvgIpc) is 2.96. The highest BCUT2D eigenvalue weighted by Gasteiger charge is 2.10. The van der Waals surface area contributed by atoms with Crippen LogP contribution in [0, 0.1) is 0 Å². The Morgan fingerprint density at radius 3 is 3.00 bits per heavy atom. The van der Waals surface area contributed by atoms with Gasteiger partial charge >= 0.3 is 5.97 Å². The molecule has 20 heavy (non-hydrogen) atoms. The summed E-state index contributed by atoms with van der Waals surface area (Å²) in [6.45, 7) is 0. The Morgan fingerprint density at radius 1 is 1.35 bits per heavy atom. The van der Waals surface area contributed by atoms with Gasteiger partial charge in [-0.2, -0.15) is 9.78 Å². The van der Waals surface area contributed by atoms with Gasteiger partial charge < -0.3 is 9.15 Å². The molecule has 0 aliphatic rings. The maximum atomic E-state index is 12.3. The Kier molecular flexibility index (Phi) is 2.83. The number of furan rings is 1. The van der Waals surface area contributed by atoms with Gasteiger partial charge in [-0.3, -0.25) is 4.79 Å². The lowest BCUT2D eigenvalue weighted by Crippen LogP contribution is -2.20. The predicted molar refractivity (Wildman–Crippen MR) is 70.9 cm³/mol. The van der Waals surface area contributed by atoms with Gasteiger partial charge in [0.05, 0.1) is 36.2 Å². The van der Waals surface area contributed by atoms with Gasteiger partial charge in [0, 0.05) is 0 Å². The standard InChI is InChI=1S/C14H10N2O4/c1-19-14(18)9-3-2-4-10(7-9)16-13(17)11-5-6-20-12(11)8-15-16/h2-8H,1H3. The second-order valence-corrected chi connectivity index (χ2v) is 4.10. The van der Waals surface area contributed by atoms with Crippen LogP contribution in [0.3, 0.4) is 0 Å². The maximum Gasteiger partial charge on any atom is 0.337 e. The number of hydrogen-bond donors (Lipinski definition) is 0. The van der Waals surface area contributed by atoms with Crippen LogP contribution in [-0.4, -0.2) is 22.9 Å². The summed E-state index contributed by atoms with van der Waals surface area (Å²) in [6, 6.07) is 8.09. The van der Waals surface area contributed by atoms with Crippen LogP contribution in [-0.2, 0) is 4.74 Å². The first-order valence-electron chi connectivity index (χ1n) is 5.85. The molecule has 0 N–H and O–H groups in total. The zero-order valence-electron chi connectivity index (χ0n) is 10.6. The molecule has 0 atom stereocenters. The Morgan fingerprint density at radius 2 is 2.20 bits per heavy atom. The van der Waals surface area contributed by atoms with Crippen molar-refractivity contribution in [3.8, 4) is 5.69 Å². The van der Waals surface area contributed by atoms with E-state index in [2.05, 4.69) is 9.84 Å². The highest BCUT2D eigenvalue weighted by molar-refractivity contribution is 5.89. The van der Waals surface area contributed by atoms with Crippen molar-refractivity contribution in [3.05, 3.63) is 58.7 Å². The summed E-state index contributed by atoms with van der Waals surface area (Å²) in [6.07, 6.45) is 2.89. The predicted octanol–water partition coefficient (Wildman–Crippen LogP) is 1.77. The van der Waals surface area contributed by atoms with Crippen molar-refractivity contribution in [3.63, 3.8) is 0 Å². The third-order valence-electron chi connectivity index (χ3n) is 2.92. The fraction of sp³-hybridized carbons (Fsp3) is 0.0714. The molecule has 6 nitrogen and oxygen atoms in total. The molecule has 0 amide bonds. The Labute approximate surface area is 113 Å². The van der Waals surface area contributed by atoms with Crippen molar-refractivity contribution in [2.75, 3.05) is 7.11 Å². The van der Waals surface area contributed by atoms with Crippen LogP contribution in [0.15, 0.2) is 52.0 Å². The van der Waals surface area contributed by atoms with Crippen molar-refractivity contribution in [2.45, 2.75) is 0 Å². The minimum atomic E-state index is -0.468. The summed E-state index contributed by atoms with van der Waals surface area (Å²) < 4.78 is 11.0. The van der Waals surface area contributed by atoms with Crippen LogP contribution >= 0.6 is 0 Å². The molecule has 0 aliphatic heterocycles. The third kappa shape index (κ3) is 1.87. The van der Waals surface area contributed by atoms with Gasteiger partial charge in [-0.05, 0) is 24.3 Å². The number of benzene rings is 1. The minimum Gasteiger partial charge on any atom is -0.465 e. The molecule has 0 bridgehead atoms. The first-order valence-corrected chi connectivity index (χ1v) is 5.85. The molecule has 2 aromatic heterocycles. The number of nitrogens with zero attached hydrogens (tertiary/aromatic N) is 2. The third-order valence-corrected chi connectivity index (χ3v) is 2.92. The van der Waals surface area contributed by atoms with E-state index in [-0.39, 0.29) is 5.56 Å². The zero-order valence-corrected chi connectivity index (χ0v) is 10.6. The molecule has 6 heteroatoms. The van der Waals surface area contributed by atoms with Crippen LogP contribution in [0.5, 0.6) is 0 Å². The van der Waals surface area contributed by atoms with E-state index in [0.717, 1.165) is 0 Å². The molecule has 0 radical (unpaired) electrons. The van der Waals surface area contributed by atoms with E-state index in [0.29, 0.717) is 22.2 Å². The molecule has 0 saturated heterocycles. The first-order chi connectivity index (χ1) is 9.70. The van der Waals surface area contributed by atoms with Crippen LogP contribution in [0.25, 0.3) is 16.7 Å². The monoisotopic (exact) mass is 270 g/mol. The Balaban J connectivity index is 2.18. The molecule has 2 heterocycles. The lowest BCUT2D eigenvalue weighted by atomic mass is 10.2. The van der Waals surface area contributed by atoms with Crippen molar-refractivity contribution in [2.24, 2.45) is 0 Å². The summed E-state index contributed by atoms with van der Waals surface area (Å²) in [5, 5.41) is 4.47. The fourth-order valence-electron chi connectivity index (χ4n) is 1.94. The Bertz CT molecular complexity index is 848. The van der Waals surface area contributed by atoms with Gasteiger partial charge in [-0.25, -0.2) is 4.79 Å². The molecule has 0 aliphatic carbocycles. The molecule has 100 valence electrons. The number of carbonyl (C=O) groups is 1. The molecule has 1 aromatic carbocycles. The summed E-state index contributed by atoms with van der Waals surface area (Å²) in [5.41, 5.74) is 0.959. The van der Waals surface area contributed by atoms with Crippen molar-refractivity contribution < 1.29 is 13.9 Å². The van der Waals surface area contributed by atoms with Crippen molar-refractivity contribution in [1.82, 2.24) is 9.78 Å². The summed E-state index contributed by atoms with van der Waals surface area (Å²) in [4.78, 5) is 23.8. The van der Waals surface area contributed by atoms with E-state index in [1.54, 1.807) is 30.3 Å². The van der Waals surface area contributed by atoms with Gasteiger partial charge in [0.1, 0.15) is 0 Å². The number of aromatic nitrogens is 2. The van der Waals surface area contributed by atoms with Crippen LogP contribution in [0.2, 0.25) is 0 Å². The number of fused-ring (bicyclic) bond motifs is 1. The molecule has 0 unspecified atom stereocenters. The van der Waals surface area contributed by atoms with Gasteiger partial charge in [-0.15, -0.1) is 0 Å². The molecule has 0 fully saturated rings. The number of rotatable bonds is 2. The highest BCUT2D eigenvalue weighted by Crippen LogP contribution is 2.12. The molecule has 3 aromatic rings. The van der Waals surface area contributed by atoms with E-state index in [1.807, 2.05) is 0 Å². The van der Waals surface area contributed by atoms with Gasteiger partial charge in [0.2, 0.25) is 0 Å². The molecule has 0 spiro atoms. The lowest BCUT2D eigenvalue weighted by Gasteiger charge is -2.05. The number of carbonyl (C=O) groups excluding carboxylic acids is 1. The average molecular weight is 270 g/mol. The molecular weight excluding hydrogens is 260 g/mol. The normalized spacial score (nSPS) is 10.7.